The van der Waals surface area contributed by atoms with Crippen molar-refractivity contribution in [3.05, 3.63) is 63.4 Å². The molecule has 5 rings (SSSR count). The monoisotopic (exact) mass is 405 g/mol. The summed E-state index contributed by atoms with van der Waals surface area (Å²) in [4.78, 5) is 25.8. The molecule has 3 aliphatic rings. The van der Waals surface area contributed by atoms with Gasteiger partial charge in [-0.25, -0.2) is 4.39 Å². The number of benzene rings is 2. The molecule has 2 fully saturated rings. The van der Waals surface area contributed by atoms with E-state index in [1.54, 1.807) is 30.3 Å². The number of anilines is 1. The SMILES string of the molecule is O=C1NC[C@H]2N[C@@]3(C(=O)Nc4cc(Cl)ccc43)[C@H](c3cccc(Cl)c3F)[C@@H]12. The van der Waals surface area contributed by atoms with Crippen LogP contribution in [0.15, 0.2) is 36.4 Å². The van der Waals surface area contributed by atoms with E-state index < -0.39 is 23.2 Å². The third kappa shape index (κ3) is 2.15. The molecule has 5 nitrogen and oxygen atoms in total. The Morgan fingerprint density at radius 1 is 1.15 bits per heavy atom. The molecule has 3 N–H and O–H groups in total. The molecule has 0 aliphatic carbocycles. The lowest BCUT2D eigenvalue weighted by atomic mass is 9.71. The summed E-state index contributed by atoms with van der Waals surface area (Å²) in [7, 11) is 0. The second kappa shape index (κ2) is 5.67. The van der Waals surface area contributed by atoms with E-state index in [1.165, 1.54) is 6.07 Å². The fourth-order valence-corrected chi connectivity index (χ4v) is 5.11. The zero-order chi connectivity index (χ0) is 18.9. The van der Waals surface area contributed by atoms with Gasteiger partial charge in [0.25, 0.3) is 0 Å². The largest absolute Gasteiger partial charge is 0.354 e. The van der Waals surface area contributed by atoms with Crippen LogP contribution < -0.4 is 16.0 Å². The van der Waals surface area contributed by atoms with Crippen LogP contribution in [0.1, 0.15) is 17.0 Å². The molecule has 2 amide bonds. The van der Waals surface area contributed by atoms with Crippen LogP contribution in [-0.2, 0) is 15.1 Å². The summed E-state index contributed by atoms with van der Waals surface area (Å²) in [6.07, 6.45) is 0. The van der Waals surface area contributed by atoms with Crippen LogP contribution in [0.3, 0.4) is 0 Å². The first-order valence-electron chi connectivity index (χ1n) is 8.54. The van der Waals surface area contributed by atoms with Gasteiger partial charge in [0.1, 0.15) is 11.4 Å². The number of hydrogen-bond acceptors (Lipinski definition) is 3. The molecule has 2 saturated heterocycles. The minimum absolute atomic E-state index is 0.0424. The number of rotatable bonds is 1. The maximum Gasteiger partial charge on any atom is 0.250 e. The molecule has 0 radical (unpaired) electrons. The van der Waals surface area contributed by atoms with Crippen LogP contribution in [0.25, 0.3) is 0 Å². The minimum atomic E-state index is -1.27. The van der Waals surface area contributed by atoms with Crippen molar-refractivity contribution in [2.75, 3.05) is 11.9 Å². The van der Waals surface area contributed by atoms with Gasteiger partial charge < -0.3 is 10.6 Å². The van der Waals surface area contributed by atoms with E-state index in [9.17, 15) is 14.0 Å². The summed E-state index contributed by atoms with van der Waals surface area (Å²) in [5, 5.41) is 9.40. The highest BCUT2D eigenvalue weighted by Crippen LogP contribution is 2.55. The lowest BCUT2D eigenvalue weighted by Gasteiger charge is -2.32. The molecule has 3 aliphatic heterocycles. The summed E-state index contributed by atoms with van der Waals surface area (Å²) >= 11 is 12.1. The third-order valence-corrected chi connectivity index (χ3v) is 6.33. The van der Waals surface area contributed by atoms with Crippen molar-refractivity contribution in [1.82, 2.24) is 10.6 Å². The van der Waals surface area contributed by atoms with Crippen molar-refractivity contribution in [3.8, 4) is 0 Å². The Hall–Kier alpha value is -2.15. The van der Waals surface area contributed by atoms with Gasteiger partial charge in [-0.3, -0.25) is 14.9 Å². The maximum absolute atomic E-state index is 15.0. The number of carbonyl (C=O) groups is 2. The molecule has 0 bridgehead atoms. The maximum atomic E-state index is 15.0. The van der Waals surface area contributed by atoms with E-state index in [2.05, 4.69) is 16.0 Å². The molecule has 4 atom stereocenters. The predicted molar refractivity (Wildman–Crippen MR) is 99.3 cm³/mol. The van der Waals surface area contributed by atoms with Crippen molar-refractivity contribution in [1.29, 1.82) is 0 Å². The van der Waals surface area contributed by atoms with Gasteiger partial charge in [0.05, 0.1) is 10.9 Å². The van der Waals surface area contributed by atoms with Crippen LogP contribution in [-0.4, -0.2) is 24.4 Å². The molecule has 2 aromatic carbocycles. The standard InChI is InChI=1S/C19H14Cl2FN3O2/c20-8-4-5-10-12(6-8)24-18(27)19(10)15(9-2-1-3-11(21)16(9)22)14-13(25-19)7-23-17(14)26/h1-6,13-15,25H,7H2,(H,23,26)(H,24,27)/t13-,14+,15-,19-/m1/s1. The molecular weight excluding hydrogens is 392 g/mol. The van der Waals surface area contributed by atoms with Crippen molar-refractivity contribution >= 4 is 40.7 Å². The first-order valence-corrected chi connectivity index (χ1v) is 9.30. The quantitative estimate of drug-likeness (QED) is 0.682. The first kappa shape index (κ1) is 17.0. The Bertz CT molecular complexity index is 1010. The van der Waals surface area contributed by atoms with Crippen LogP contribution >= 0.6 is 23.2 Å². The van der Waals surface area contributed by atoms with E-state index >= 15 is 0 Å². The lowest BCUT2D eigenvalue weighted by molar-refractivity contribution is -0.124. The topological polar surface area (TPSA) is 70.2 Å². The van der Waals surface area contributed by atoms with Crippen molar-refractivity contribution in [2.45, 2.75) is 17.5 Å². The summed E-state index contributed by atoms with van der Waals surface area (Å²) in [5.74, 6) is -2.48. The summed E-state index contributed by atoms with van der Waals surface area (Å²) < 4.78 is 15.0. The molecule has 138 valence electrons. The van der Waals surface area contributed by atoms with E-state index in [0.29, 0.717) is 22.8 Å². The number of nitrogens with one attached hydrogen (secondary N) is 3. The van der Waals surface area contributed by atoms with E-state index in [1.807, 2.05) is 0 Å². The van der Waals surface area contributed by atoms with E-state index in [4.69, 9.17) is 23.2 Å². The fourth-order valence-electron chi connectivity index (χ4n) is 4.76. The van der Waals surface area contributed by atoms with Crippen LogP contribution in [0.4, 0.5) is 10.1 Å². The van der Waals surface area contributed by atoms with Crippen LogP contribution in [0.2, 0.25) is 10.0 Å². The van der Waals surface area contributed by atoms with Crippen LogP contribution in [0.5, 0.6) is 0 Å². The van der Waals surface area contributed by atoms with Gasteiger partial charge in [0.2, 0.25) is 11.8 Å². The fraction of sp³-hybridized carbons (Fsp3) is 0.263. The molecular formula is C19H14Cl2FN3O2. The smallest absolute Gasteiger partial charge is 0.250 e. The highest BCUT2D eigenvalue weighted by atomic mass is 35.5. The Balaban J connectivity index is 1.78. The zero-order valence-electron chi connectivity index (χ0n) is 13.9. The van der Waals surface area contributed by atoms with Gasteiger partial charge in [0.15, 0.2) is 0 Å². The second-order valence-electron chi connectivity index (χ2n) is 7.09. The third-order valence-electron chi connectivity index (χ3n) is 5.80. The zero-order valence-corrected chi connectivity index (χ0v) is 15.4. The highest BCUT2D eigenvalue weighted by Gasteiger charge is 2.65. The molecule has 1 spiro atoms. The molecule has 8 heteroatoms. The Morgan fingerprint density at radius 2 is 1.96 bits per heavy atom. The van der Waals surface area contributed by atoms with E-state index in [-0.39, 0.29) is 28.4 Å². The van der Waals surface area contributed by atoms with Crippen molar-refractivity contribution in [2.24, 2.45) is 5.92 Å². The summed E-state index contributed by atoms with van der Waals surface area (Å²) in [5.41, 5.74) is 0.201. The van der Waals surface area contributed by atoms with Gasteiger partial charge in [0, 0.05) is 34.8 Å². The van der Waals surface area contributed by atoms with Crippen LogP contribution in [0, 0.1) is 11.7 Å². The molecule has 0 aromatic heterocycles. The molecule has 2 aromatic rings. The number of fused-ring (bicyclic) bond motifs is 3. The number of halogens is 3. The lowest BCUT2D eigenvalue weighted by Crippen LogP contribution is -2.50. The van der Waals surface area contributed by atoms with Gasteiger partial charge in [-0.05, 0) is 23.8 Å². The highest BCUT2D eigenvalue weighted by molar-refractivity contribution is 6.31. The van der Waals surface area contributed by atoms with Crippen molar-refractivity contribution in [3.63, 3.8) is 0 Å². The average molecular weight is 406 g/mol. The molecule has 3 heterocycles. The number of hydrogen-bond donors (Lipinski definition) is 3. The summed E-state index contributed by atoms with van der Waals surface area (Å²) in [6.45, 7) is 0.375. The predicted octanol–water partition coefficient (Wildman–Crippen LogP) is 2.78. The molecule has 0 saturated carbocycles. The number of amides is 2. The molecule has 0 unspecified atom stereocenters. The first-order chi connectivity index (χ1) is 12.9. The number of carbonyl (C=O) groups excluding carboxylic acids is 2. The van der Waals surface area contributed by atoms with Crippen molar-refractivity contribution < 1.29 is 14.0 Å². The minimum Gasteiger partial charge on any atom is -0.354 e. The summed E-state index contributed by atoms with van der Waals surface area (Å²) in [6, 6.07) is 9.46. The van der Waals surface area contributed by atoms with E-state index in [0.717, 1.165) is 0 Å². The Labute approximate surface area is 164 Å². The van der Waals surface area contributed by atoms with Gasteiger partial charge in [-0.2, -0.15) is 0 Å². The van der Waals surface area contributed by atoms with Gasteiger partial charge in [-0.1, -0.05) is 41.4 Å². The normalized spacial score (nSPS) is 31.0. The Kier molecular flexibility index (Phi) is 3.57. The molecule has 27 heavy (non-hydrogen) atoms. The second-order valence-corrected chi connectivity index (χ2v) is 7.94. The van der Waals surface area contributed by atoms with Gasteiger partial charge in [-0.15, -0.1) is 0 Å². The van der Waals surface area contributed by atoms with Gasteiger partial charge >= 0.3 is 0 Å². The Morgan fingerprint density at radius 3 is 2.78 bits per heavy atom. The average Bonchev–Trinajstić information content (AvgIpc) is 3.24.